The van der Waals surface area contributed by atoms with Gasteiger partial charge in [-0.25, -0.2) is 0 Å². The summed E-state index contributed by atoms with van der Waals surface area (Å²) in [4.78, 5) is 14.2. The fourth-order valence-electron chi connectivity index (χ4n) is 2.56. The molecule has 1 aromatic carbocycles. The molecule has 5 nitrogen and oxygen atoms in total. The molecule has 1 saturated carbocycles. The zero-order chi connectivity index (χ0) is 16.1. The first-order chi connectivity index (χ1) is 10.5. The topological polar surface area (TPSA) is 50.8 Å². The highest BCUT2D eigenvalue weighted by Crippen LogP contribution is 2.34. The molecule has 1 aliphatic carbocycles. The van der Waals surface area contributed by atoms with Crippen molar-refractivity contribution in [1.29, 1.82) is 0 Å². The first-order valence-corrected chi connectivity index (χ1v) is 7.73. The van der Waals surface area contributed by atoms with E-state index in [1.807, 2.05) is 25.2 Å². The lowest BCUT2D eigenvalue weighted by atomic mass is 10.2. The number of amides is 1. The zero-order valence-corrected chi connectivity index (χ0v) is 13.9. The van der Waals surface area contributed by atoms with Gasteiger partial charge >= 0.3 is 0 Å². The van der Waals surface area contributed by atoms with Gasteiger partial charge in [-0.1, -0.05) is 6.07 Å². The van der Waals surface area contributed by atoms with E-state index in [-0.39, 0.29) is 5.91 Å². The van der Waals surface area contributed by atoms with Crippen molar-refractivity contribution in [3.63, 3.8) is 0 Å². The number of methoxy groups -OCH3 is 2. The maximum atomic E-state index is 12.0. The van der Waals surface area contributed by atoms with E-state index in [1.165, 1.54) is 12.8 Å². The van der Waals surface area contributed by atoms with Crippen molar-refractivity contribution in [2.45, 2.75) is 32.4 Å². The smallest absolute Gasteiger partial charge is 0.234 e. The van der Waals surface area contributed by atoms with Crippen LogP contribution in [0.15, 0.2) is 18.2 Å². The number of likely N-dealkylation sites (N-methyl/N-ethyl adjacent to an activating group) is 1. The molecule has 1 aromatic rings. The standard InChI is InChI=1S/C17H26N2O3/c1-12(14-6-7-14)19(2)11-17(20)18-10-13-5-8-15(21-3)16(9-13)22-4/h5,8-9,12,14H,6-7,10-11H2,1-4H3,(H,18,20). The van der Waals surface area contributed by atoms with Gasteiger partial charge in [0, 0.05) is 12.6 Å². The molecule has 1 atom stereocenters. The summed E-state index contributed by atoms with van der Waals surface area (Å²) in [6.45, 7) is 3.12. The predicted octanol–water partition coefficient (Wildman–Crippen LogP) is 2.05. The second-order valence-electron chi connectivity index (χ2n) is 5.96. The largest absolute Gasteiger partial charge is 0.493 e. The highest BCUT2D eigenvalue weighted by molar-refractivity contribution is 5.78. The van der Waals surface area contributed by atoms with E-state index in [9.17, 15) is 4.79 Å². The normalized spacial score (nSPS) is 15.5. The van der Waals surface area contributed by atoms with Gasteiger partial charge in [0.1, 0.15) is 0 Å². The number of hydrogen-bond donors (Lipinski definition) is 1. The molecule has 0 spiro atoms. The summed E-state index contributed by atoms with van der Waals surface area (Å²) in [6.07, 6.45) is 2.58. The number of benzene rings is 1. The van der Waals surface area contributed by atoms with E-state index in [2.05, 4.69) is 17.1 Å². The lowest BCUT2D eigenvalue weighted by molar-refractivity contribution is -0.122. The van der Waals surface area contributed by atoms with E-state index in [0.29, 0.717) is 30.6 Å². The van der Waals surface area contributed by atoms with Crippen LogP contribution in [0.4, 0.5) is 0 Å². The second kappa shape index (κ2) is 7.49. The molecule has 1 fully saturated rings. The van der Waals surface area contributed by atoms with Gasteiger partial charge in [0.05, 0.1) is 20.8 Å². The fourth-order valence-corrected chi connectivity index (χ4v) is 2.56. The van der Waals surface area contributed by atoms with Crippen molar-refractivity contribution < 1.29 is 14.3 Å². The minimum atomic E-state index is 0.0461. The Labute approximate surface area is 132 Å². The zero-order valence-electron chi connectivity index (χ0n) is 13.9. The van der Waals surface area contributed by atoms with Crippen molar-refractivity contribution in [3.8, 4) is 11.5 Å². The van der Waals surface area contributed by atoms with E-state index in [1.54, 1.807) is 14.2 Å². The Balaban J connectivity index is 1.82. The average molecular weight is 306 g/mol. The summed E-state index contributed by atoms with van der Waals surface area (Å²) in [5.74, 6) is 2.18. The van der Waals surface area contributed by atoms with Gasteiger partial charge in [-0.3, -0.25) is 9.69 Å². The lowest BCUT2D eigenvalue weighted by Gasteiger charge is -2.23. The molecule has 122 valence electrons. The molecule has 1 N–H and O–H groups in total. The molecular weight excluding hydrogens is 280 g/mol. The number of rotatable bonds is 8. The Morgan fingerprint density at radius 2 is 2.00 bits per heavy atom. The molecule has 1 unspecified atom stereocenters. The van der Waals surface area contributed by atoms with Crippen LogP contribution in [0.3, 0.4) is 0 Å². The van der Waals surface area contributed by atoms with Gasteiger partial charge in [-0.15, -0.1) is 0 Å². The molecule has 0 radical (unpaired) electrons. The summed E-state index contributed by atoms with van der Waals surface area (Å²) in [5.41, 5.74) is 0.990. The third-order valence-electron chi connectivity index (χ3n) is 4.33. The van der Waals surface area contributed by atoms with Crippen LogP contribution < -0.4 is 14.8 Å². The number of nitrogens with one attached hydrogen (secondary N) is 1. The highest BCUT2D eigenvalue weighted by Gasteiger charge is 2.30. The van der Waals surface area contributed by atoms with E-state index in [0.717, 1.165) is 11.5 Å². The molecule has 0 aliphatic heterocycles. The van der Waals surface area contributed by atoms with Crippen molar-refractivity contribution in [1.82, 2.24) is 10.2 Å². The lowest BCUT2D eigenvalue weighted by Crippen LogP contribution is -2.40. The van der Waals surface area contributed by atoms with E-state index >= 15 is 0 Å². The summed E-state index contributed by atoms with van der Waals surface area (Å²) in [6, 6.07) is 6.14. The Hall–Kier alpha value is -1.75. The molecule has 0 bridgehead atoms. The average Bonchev–Trinajstić information content (AvgIpc) is 3.36. The number of hydrogen-bond acceptors (Lipinski definition) is 4. The molecule has 0 saturated heterocycles. The van der Waals surface area contributed by atoms with Crippen molar-refractivity contribution in [3.05, 3.63) is 23.8 Å². The van der Waals surface area contributed by atoms with Gasteiger partial charge < -0.3 is 14.8 Å². The Kier molecular flexibility index (Phi) is 5.66. The molecule has 1 amide bonds. The van der Waals surface area contributed by atoms with Gasteiger partial charge in [-0.2, -0.15) is 0 Å². The molecular formula is C17H26N2O3. The Morgan fingerprint density at radius 3 is 2.59 bits per heavy atom. The minimum absolute atomic E-state index is 0.0461. The number of carbonyl (C=O) groups is 1. The summed E-state index contributed by atoms with van der Waals surface area (Å²) >= 11 is 0. The first-order valence-electron chi connectivity index (χ1n) is 7.73. The quantitative estimate of drug-likeness (QED) is 0.798. The first kappa shape index (κ1) is 16.6. The molecule has 0 heterocycles. The third-order valence-corrected chi connectivity index (χ3v) is 4.33. The molecule has 2 rings (SSSR count). The van der Waals surface area contributed by atoms with Gasteiger partial charge in [0.2, 0.25) is 5.91 Å². The van der Waals surface area contributed by atoms with Crippen molar-refractivity contribution in [2.24, 2.45) is 5.92 Å². The molecule has 22 heavy (non-hydrogen) atoms. The van der Waals surface area contributed by atoms with Crippen LogP contribution in [-0.4, -0.2) is 44.7 Å². The van der Waals surface area contributed by atoms with Crippen molar-refractivity contribution >= 4 is 5.91 Å². The molecule has 0 aromatic heterocycles. The second-order valence-corrected chi connectivity index (χ2v) is 5.96. The summed E-state index contributed by atoms with van der Waals surface area (Å²) in [5, 5.41) is 2.96. The maximum Gasteiger partial charge on any atom is 0.234 e. The van der Waals surface area contributed by atoms with Crippen molar-refractivity contribution in [2.75, 3.05) is 27.8 Å². The number of carbonyl (C=O) groups excluding carboxylic acids is 1. The van der Waals surface area contributed by atoms with Crippen LogP contribution in [0.1, 0.15) is 25.3 Å². The predicted molar refractivity (Wildman–Crippen MR) is 86.2 cm³/mol. The van der Waals surface area contributed by atoms with Crippen LogP contribution in [-0.2, 0) is 11.3 Å². The highest BCUT2D eigenvalue weighted by atomic mass is 16.5. The monoisotopic (exact) mass is 306 g/mol. The van der Waals surface area contributed by atoms with Crippen LogP contribution in [0, 0.1) is 5.92 Å². The number of ether oxygens (including phenoxy) is 2. The summed E-state index contributed by atoms with van der Waals surface area (Å²) < 4.78 is 10.5. The van der Waals surface area contributed by atoms with Crippen LogP contribution >= 0.6 is 0 Å². The minimum Gasteiger partial charge on any atom is -0.493 e. The van der Waals surface area contributed by atoms with E-state index in [4.69, 9.17) is 9.47 Å². The number of nitrogens with zero attached hydrogens (tertiary/aromatic N) is 1. The molecule has 1 aliphatic rings. The fraction of sp³-hybridized carbons (Fsp3) is 0.588. The Bertz CT molecular complexity index is 515. The molecule has 5 heteroatoms. The summed E-state index contributed by atoms with van der Waals surface area (Å²) in [7, 11) is 5.23. The SMILES string of the molecule is COc1ccc(CNC(=O)CN(C)C(C)C2CC2)cc1OC. The van der Waals surface area contributed by atoms with Gasteiger partial charge in [-0.05, 0) is 50.4 Å². The van der Waals surface area contributed by atoms with Crippen LogP contribution in [0.5, 0.6) is 11.5 Å². The van der Waals surface area contributed by atoms with Gasteiger partial charge in [0.15, 0.2) is 11.5 Å². The maximum absolute atomic E-state index is 12.0. The van der Waals surface area contributed by atoms with Crippen LogP contribution in [0.25, 0.3) is 0 Å². The third kappa shape index (κ3) is 4.37. The van der Waals surface area contributed by atoms with Crippen LogP contribution in [0.2, 0.25) is 0 Å². The Morgan fingerprint density at radius 1 is 1.32 bits per heavy atom. The van der Waals surface area contributed by atoms with Gasteiger partial charge in [0.25, 0.3) is 0 Å². The van der Waals surface area contributed by atoms with E-state index < -0.39 is 0 Å².